The summed E-state index contributed by atoms with van der Waals surface area (Å²) in [6.45, 7) is 7.87. The molecule has 124 valence electrons. The molecule has 1 N–H and O–H groups in total. The van der Waals surface area contributed by atoms with Crippen LogP contribution >= 0.6 is 27.5 Å². The minimum atomic E-state index is 0.104. The first-order chi connectivity index (χ1) is 10.9. The summed E-state index contributed by atoms with van der Waals surface area (Å²) < 4.78 is 7.07. The number of rotatable bonds is 7. The SMILES string of the molecule is CCC(C)(C)NCc1cc(Br)ccc1OCc1cccc(Cl)c1. The Labute approximate surface area is 152 Å². The van der Waals surface area contributed by atoms with E-state index in [1.807, 2.05) is 36.4 Å². The third kappa shape index (κ3) is 5.83. The predicted molar refractivity (Wildman–Crippen MR) is 101 cm³/mol. The van der Waals surface area contributed by atoms with E-state index >= 15 is 0 Å². The van der Waals surface area contributed by atoms with E-state index in [0.29, 0.717) is 6.61 Å². The molecule has 0 radical (unpaired) electrons. The quantitative estimate of drug-likeness (QED) is 0.623. The molecule has 0 bridgehead atoms. The van der Waals surface area contributed by atoms with Crippen molar-refractivity contribution in [3.05, 3.63) is 63.1 Å². The van der Waals surface area contributed by atoms with Crippen LogP contribution < -0.4 is 10.1 Å². The van der Waals surface area contributed by atoms with Crippen molar-refractivity contribution in [2.24, 2.45) is 0 Å². The van der Waals surface area contributed by atoms with Crippen molar-refractivity contribution in [1.29, 1.82) is 0 Å². The van der Waals surface area contributed by atoms with E-state index in [0.717, 1.165) is 39.3 Å². The molecular formula is C19H23BrClNO. The molecule has 0 aliphatic carbocycles. The maximum Gasteiger partial charge on any atom is 0.124 e. The van der Waals surface area contributed by atoms with Crippen molar-refractivity contribution in [1.82, 2.24) is 5.32 Å². The molecule has 0 aromatic heterocycles. The largest absolute Gasteiger partial charge is 0.489 e. The number of ether oxygens (including phenoxy) is 1. The zero-order chi connectivity index (χ0) is 16.9. The smallest absolute Gasteiger partial charge is 0.124 e. The van der Waals surface area contributed by atoms with Crippen LogP contribution in [0.1, 0.15) is 38.3 Å². The summed E-state index contributed by atoms with van der Waals surface area (Å²) in [4.78, 5) is 0. The van der Waals surface area contributed by atoms with Crippen molar-refractivity contribution in [2.75, 3.05) is 0 Å². The summed E-state index contributed by atoms with van der Waals surface area (Å²) in [5, 5.41) is 4.31. The van der Waals surface area contributed by atoms with Gasteiger partial charge in [-0.15, -0.1) is 0 Å². The van der Waals surface area contributed by atoms with Crippen LogP contribution in [0.15, 0.2) is 46.9 Å². The minimum Gasteiger partial charge on any atom is -0.489 e. The van der Waals surface area contributed by atoms with Gasteiger partial charge in [0.05, 0.1) is 0 Å². The standard InChI is InChI=1S/C19H23BrClNO/c1-4-19(2,3)22-12-15-11-16(20)8-9-18(15)23-13-14-6-5-7-17(21)10-14/h5-11,22H,4,12-13H2,1-3H3. The molecule has 0 amide bonds. The van der Waals surface area contributed by atoms with Gasteiger partial charge < -0.3 is 10.1 Å². The van der Waals surface area contributed by atoms with Gasteiger partial charge in [-0.2, -0.15) is 0 Å². The fraction of sp³-hybridized carbons (Fsp3) is 0.368. The number of hydrogen-bond acceptors (Lipinski definition) is 2. The van der Waals surface area contributed by atoms with Crippen LogP contribution in [0, 0.1) is 0 Å². The Morgan fingerprint density at radius 2 is 1.96 bits per heavy atom. The summed E-state index contributed by atoms with van der Waals surface area (Å²) in [6.07, 6.45) is 1.07. The lowest BCUT2D eigenvalue weighted by molar-refractivity contribution is 0.298. The van der Waals surface area contributed by atoms with Crippen molar-refractivity contribution >= 4 is 27.5 Å². The fourth-order valence-corrected chi connectivity index (χ4v) is 2.70. The van der Waals surface area contributed by atoms with Gasteiger partial charge in [-0.05, 0) is 56.2 Å². The van der Waals surface area contributed by atoms with Crippen molar-refractivity contribution in [2.45, 2.75) is 45.9 Å². The second kappa shape index (κ2) is 8.18. The molecule has 0 unspecified atom stereocenters. The maximum absolute atomic E-state index is 6.02. The Morgan fingerprint density at radius 3 is 2.65 bits per heavy atom. The molecule has 2 aromatic carbocycles. The van der Waals surface area contributed by atoms with E-state index in [-0.39, 0.29) is 5.54 Å². The second-order valence-corrected chi connectivity index (χ2v) is 7.61. The number of hydrogen-bond donors (Lipinski definition) is 1. The van der Waals surface area contributed by atoms with E-state index in [9.17, 15) is 0 Å². The Hall–Kier alpha value is -1.03. The molecule has 0 fully saturated rings. The molecular weight excluding hydrogens is 374 g/mol. The number of nitrogens with one attached hydrogen (secondary N) is 1. The average Bonchev–Trinajstić information content (AvgIpc) is 2.52. The Morgan fingerprint density at radius 1 is 1.17 bits per heavy atom. The minimum absolute atomic E-state index is 0.104. The topological polar surface area (TPSA) is 21.3 Å². The summed E-state index contributed by atoms with van der Waals surface area (Å²) in [5.41, 5.74) is 2.31. The summed E-state index contributed by atoms with van der Waals surface area (Å²) in [7, 11) is 0. The zero-order valence-electron chi connectivity index (χ0n) is 13.8. The molecule has 0 spiro atoms. The highest BCUT2D eigenvalue weighted by molar-refractivity contribution is 9.10. The van der Waals surface area contributed by atoms with E-state index in [2.05, 4.69) is 48.1 Å². The molecule has 2 nitrogen and oxygen atoms in total. The number of benzene rings is 2. The van der Waals surface area contributed by atoms with Crippen LogP contribution in [0.5, 0.6) is 5.75 Å². The molecule has 0 atom stereocenters. The first kappa shape index (κ1) is 18.3. The Balaban J connectivity index is 2.09. The normalized spacial score (nSPS) is 11.5. The van der Waals surface area contributed by atoms with Crippen LogP contribution in [-0.2, 0) is 13.2 Å². The molecule has 0 heterocycles. The van der Waals surface area contributed by atoms with Crippen LogP contribution in [0.4, 0.5) is 0 Å². The third-order valence-corrected chi connectivity index (χ3v) is 4.68. The molecule has 0 aliphatic heterocycles. The van der Waals surface area contributed by atoms with Gasteiger partial charge in [-0.1, -0.05) is 46.6 Å². The van der Waals surface area contributed by atoms with Gasteiger partial charge in [-0.3, -0.25) is 0 Å². The van der Waals surface area contributed by atoms with Crippen molar-refractivity contribution in [3.63, 3.8) is 0 Å². The molecule has 4 heteroatoms. The summed E-state index contributed by atoms with van der Waals surface area (Å²) >= 11 is 9.56. The van der Waals surface area contributed by atoms with E-state index in [1.165, 1.54) is 0 Å². The molecule has 0 saturated heterocycles. The van der Waals surface area contributed by atoms with Gasteiger partial charge in [0.15, 0.2) is 0 Å². The average molecular weight is 397 g/mol. The first-order valence-electron chi connectivity index (χ1n) is 7.80. The van der Waals surface area contributed by atoms with E-state index in [1.54, 1.807) is 0 Å². The molecule has 2 rings (SSSR count). The van der Waals surface area contributed by atoms with Gasteiger partial charge >= 0.3 is 0 Å². The lowest BCUT2D eigenvalue weighted by atomic mass is 10.0. The van der Waals surface area contributed by atoms with Gasteiger partial charge in [0.25, 0.3) is 0 Å². The van der Waals surface area contributed by atoms with E-state index in [4.69, 9.17) is 16.3 Å². The lowest BCUT2D eigenvalue weighted by Gasteiger charge is -2.25. The monoisotopic (exact) mass is 395 g/mol. The van der Waals surface area contributed by atoms with Gasteiger partial charge in [0.2, 0.25) is 0 Å². The fourth-order valence-electron chi connectivity index (χ4n) is 2.07. The van der Waals surface area contributed by atoms with Crippen LogP contribution in [-0.4, -0.2) is 5.54 Å². The first-order valence-corrected chi connectivity index (χ1v) is 8.97. The maximum atomic E-state index is 6.02. The molecule has 0 aliphatic rings. The van der Waals surface area contributed by atoms with Crippen LogP contribution in [0.25, 0.3) is 0 Å². The lowest BCUT2D eigenvalue weighted by Crippen LogP contribution is -2.37. The highest BCUT2D eigenvalue weighted by atomic mass is 79.9. The third-order valence-electron chi connectivity index (χ3n) is 3.95. The Kier molecular flexibility index (Phi) is 6.51. The summed E-state index contributed by atoms with van der Waals surface area (Å²) in [5.74, 6) is 0.896. The highest BCUT2D eigenvalue weighted by Gasteiger charge is 2.15. The molecule has 0 saturated carbocycles. The van der Waals surface area contributed by atoms with Gasteiger partial charge in [0.1, 0.15) is 12.4 Å². The molecule has 23 heavy (non-hydrogen) atoms. The summed E-state index contributed by atoms with van der Waals surface area (Å²) in [6, 6.07) is 13.9. The van der Waals surface area contributed by atoms with Crippen LogP contribution in [0.2, 0.25) is 5.02 Å². The van der Waals surface area contributed by atoms with Gasteiger partial charge in [-0.25, -0.2) is 0 Å². The second-order valence-electron chi connectivity index (χ2n) is 6.26. The highest BCUT2D eigenvalue weighted by Crippen LogP contribution is 2.25. The Bertz CT molecular complexity index is 658. The van der Waals surface area contributed by atoms with Crippen molar-refractivity contribution < 1.29 is 4.74 Å². The van der Waals surface area contributed by atoms with E-state index < -0.39 is 0 Å². The predicted octanol–water partition coefficient (Wildman–Crippen LogP) is 5.96. The van der Waals surface area contributed by atoms with Gasteiger partial charge in [0, 0.05) is 27.1 Å². The zero-order valence-corrected chi connectivity index (χ0v) is 16.2. The number of halogens is 2. The van der Waals surface area contributed by atoms with Crippen molar-refractivity contribution in [3.8, 4) is 5.75 Å². The van der Waals surface area contributed by atoms with Crippen LogP contribution in [0.3, 0.4) is 0 Å². The molecule has 2 aromatic rings.